The number of nitrogens with one attached hydrogen (secondary N) is 2. The molecule has 1 aromatic carbocycles. The second-order valence-electron chi connectivity index (χ2n) is 6.88. The SMILES string of the molecule is CC(C)(C)C1OCCC1CNC(=O)C(=O)Nc1ccc(F)cc1. The Bertz CT molecular complexity index is 566. The zero-order chi connectivity index (χ0) is 17.0. The molecule has 6 heteroatoms. The second-order valence-corrected chi connectivity index (χ2v) is 6.88. The van der Waals surface area contributed by atoms with Crippen LogP contribution in [0.15, 0.2) is 24.3 Å². The average molecular weight is 322 g/mol. The lowest BCUT2D eigenvalue weighted by molar-refractivity contribution is -0.136. The van der Waals surface area contributed by atoms with E-state index in [-0.39, 0.29) is 17.4 Å². The summed E-state index contributed by atoms with van der Waals surface area (Å²) in [6, 6.07) is 5.25. The van der Waals surface area contributed by atoms with Crippen molar-refractivity contribution in [2.75, 3.05) is 18.5 Å². The van der Waals surface area contributed by atoms with Crippen molar-refractivity contribution in [1.29, 1.82) is 0 Å². The highest BCUT2D eigenvalue weighted by molar-refractivity contribution is 6.39. The molecule has 0 saturated carbocycles. The Morgan fingerprint density at radius 3 is 2.48 bits per heavy atom. The van der Waals surface area contributed by atoms with Crippen LogP contribution in [-0.2, 0) is 14.3 Å². The van der Waals surface area contributed by atoms with E-state index in [4.69, 9.17) is 4.74 Å². The van der Waals surface area contributed by atoms with Gasteiger partial charge in [-0.25, -0.2) is 4.39 Å². The molecular formula is C17H23FN2O3. The first-order valence-corrected chi connectivity index (χ1v) is 7.74. The molecule has 1 aliphatic rings. The minimum atomic E-state index is -0.761. The number of benzene rings is 1. The first-order valence-electron chi connectivity index (χ1n) is 7.74. The zero-order valence-electron chi connectivity index (χ0n) is 13.7. The standard InChI is InChI=1S/C17H23FN2O3/c1-17(2,3)14-11(8-9-23-14)10-19-15(21)16(22)20-13-6-4-12(18)5-7-13/h4-7,11,14H,8-10H2,1-3H3,(H,19,21)(H,20,22). The van der Waals surface area contributed by atoms with Gasteiger partial charge in [0, 0.05) is 24.8 Å². The molecule has 2 N–H and O–H groups in total. The molecule has 2 rings (SSSR count). The first-order chi connectivity index (χ1) is 10.8. The summed E-state index contributed by atoms with van der Waals surface area (Å²) < 4.78 is 18.5. The van der Waals surface area contributed by atoms with Gasteiger partial charge in [-0.3, -0.25) is 9.59 Å². The topological polar surface area (TPSA) is 67.4 Å². The fourth-order valence-electron chi connectivity index (χ4n) is 2.83. The summed E-state index contributed by atoms with van der Waals surface area (Å²) in [6.45, 7) is 7.36. The number of amides is 2. The fourth-order valence-corrected chi connectivity index (χ4v) is 2.83. The molecule has 0 spiro atoms. The molecule has 5 nitrogen and oxygen atoms in total. The maximum absolute atomic E-state index is 12.8. The Hall–Kier alpha value is -1.95. The molecule has 1 heterocycles. The summed E-state index contributed by atoms with van der Waals surface area (Å²) in [5.41, 5.74) is 0.366. The normalized spacial score (nSPS) is 21.0. The summed E-state index contributed by atoms with van der Waals surface area (Å²) in [4.78, 5) is 23.7. The van der Waals surface area contributed by atoms with E-state index in [0.717, 1.165) is 6.42 Å². The van der Waals surface area contributed by atoms with Crippen molar-refractivity contribution in [3.05, 3.63) is 30.1 Å². The van der Waals surface area contributed by atoms with Crippen molar-refractivity contribution < 1.29 is 18.7 Å². The molecule has 0 aromatic heterocycles. The van der Waals surface area contributed by atoms with Gasteiger partial charge in [0.05, 0.1) is 6.10 Å². The number of anilines is 1. The van der Waals surface area contributed by atoms with E-state index < -0.39 is 17.6 Å². The number of carbonyl (C=O) groups excluding carboxylic acids is 2. The molecule has 1 fully saturated rings. The average Bonchev–Trinajstić information content (AvgIpc) is 2.95. The molecule has 0 radical (unpaired) electrons. The highest BCUT2D eigenvalue weighted by Gasteiger charge is 2.37. The molecule has 126 valence electrons. The Kier molecular flexibility index (Phi) is 5.36. The zero-order valence-corrected chi connectivity index (χ0v) is 13.7. The smallest absolute Gasteiger partial charge is 0.313 e. The van der Waals surface area contributed by atoms with Gasteiger partial charge >= 0.3 is 11.8 Å². The molecule has 2 atom stereocenters. The van der Waals surface area contributed by atoms with Crippen LogP contribution in [-0.4, -0.2) is 31.1 Å². The van der Waals surface area contributed by atoms with E-state index in [2.05, 4.69) is 31.4 Å². The largest absolute Gasteiger partial charge is 0.377 e. The van der Waals surface area contributed by atoms with E-state index >= 15 is 0 Å². The number of rotatable bonds is 3. The Labute approximate surface area is 135 Å². The van der Waals surface area contributed by atoms with Crippen LogP contribution in [0.3, 0.4) is 0 Å². The van der Waals surface area contributed by atoms with E-state index in [9.17, 15) is 14.0 Å². The van der Waals surface area contributed by atoms with Crippen molar-refractivity contribution >= 4 is 17.5 Å². The highest BCUT2D eigenvalue weighted by atomic mass is 19.1. The Morgan fingerprint density at radius 2 is 1.87 bits per heavy atom. The minimum Gasteiger partial charge on any atom is -0.377 e. The highest BCUT2D eigenvalue weighted by Crippen LogP contribution is 2.34. The quantitative estimate of drug-likeness (QED) is 0.839. The molecule has 1 aliphatic heterocycles. The van der Waals surface area contributed by atoms with Gasteiger partial charge in [-0.05, 0) is 36.1 Å². The van der Waals surface area contributed by atoms with Crippen LogP contribution in [0.25, 0.3) is 0 Å². The predicted octanol–water partition coefficient (Wildman–Crippen LogP) is 2.33. The summed E-state index contributed by atoms with van der Waals surface area (Å²) in [5, 5.41) is 5.09. The number of ether oxygens (including phenoxy) is 1. The predicted molar refractivity (Wildman–Crippen MR) is 85.3 cm³/mol. The minimum absolute atomic E-state index is 0.0116. The lowest BCUT2D eigenvalue weighted by atomic mass is 9.81. The molecule has 2 amide bonds. The number of halogens is 1. The molecule has 1 aromatic rings. The number of hydrogen-bond donors (Lipinski definition) is 2. The van der Waals surface area contributed by atoms with Crippen LogP contribution < -0.4 is 10.6 Å². The maximum atomic E-state index is 12.8. The van der Waals surface area contributed by atoms with E-state index in [1.807, 2.05) is 0 Å². The van der Waals surface area contributed by atoms with Crippen molar-refractivity contribution in [2.45, 2.75) is 33.3 Å². The summed E-state index contributed by atoms with van der Waals surface area (Å²) in [7, 11) is 0. The molecule has 23 heavy (non-hydrogen) atoms. The molecule has 1 saturated heterocycles. The summed E-state index contributed by atoms with van der Waals surface area (Å²) in [5.74, 6) is -1.67. The van der Waals surface area contributed by atoms with Crippen LogP contribution in [0.2, 0.25) is 0 Å². The number of carbonyl (C=O) groups is 2. The summed E-state index contributed by atoms with van der Waals surface area (Å²) >= 11 is 0. The van der Waals surface area contributed by atoms with Crippen LogP contribution in [0.5, 0.6) is 0 Å². The first kappa shape index (κ1) is 17.4. The van der Waals surface area contributed by atoms with Crippen molar-refractivity contribution in [3.8, 4) is 0 Å². The van der Waals surface area contributed by atoms with E-state index in [0.29, 0.717) is 18.8 Å². The third-order valence-electron chi connectivity index (χ3n) is 3.90. The van der Waals surface area contributed by atoms with Gasteiger partial charge in [0.2, 0.25) is 0 Å². The molecule has 0 aliphatic carbocycles. The lowest BCUT2D eigenvalue weighted by Crippen LogP contribution is -2.42. The van der Waals surface area contributed by atoms with E-state index in [1.54, 1.807) is 0 Å². The van der Waals surface area contributed by atoms with Gasteiger partial charge < -0.3 is 15.4 Å². The monoisotopic (exact) mass is 322 g/mol. The summed E-state index contributed by atoms with van der Waals surface area (Å²) in [6.07, 6.45) is 0.921. The van der Waals surface area contributed by atoms with Gasteiger partial charge in [-0.2, -0.15) is 0 Å². The van der Waals surface area contributed by atoms with Gasteiger partial charge in [-0.15, -0.1) is 0 Å². The van der Waals surface area contributed by atoms with Crippen molar-refractivity contribution in [2.24, 2.45) is 11.3 Å². The van der Waals surface area contributed by atoms with E-state index in [1.165, 1.54) is 24.3 Å². The van der Waals surface area contributed by atoms with Gasteiger partial charge in [-0.1, -0.05) is 20.8 Å². The third kappa shape index (κ3) is 4.76. The van der Waals surface area contributed by atoms with Crippen LogP contribution in [0, 0.1) is 17.2 Å². The van der Waals surface area contributed by atoms with Crippen molar-refractivity contribution in [1.82, 2.24) is 5.32 Å². The van der Waals surface area contributed by atoms with Crippen LogP contribution >= 0.6 is 0 Å². The molecule has 2 unspecified atom stereocenters. The van der Waals surface area contributed by atoms with Crippen LogP contribution in [0.1, 0.15) is 27.2 Å². The molecule has 0 bridgehead atoms. The second kappa shape index (κ2) is 7.08. The van der Waals surface area contributed by atoms with Crippen LogP contribution in [0.4, 0.5) is 10.1 Å². The van der Waals surface area contributed by atoms with Crippen molar-refractivity contribution in [3.63, 3.8) is 0 Å². The maximum Gasteiger partial charge on any atom is 0.313 e. The third-order valence-corrected chi connectivity index (χ3v) is 3.90. The van der Waals surface area contributed by atoms with Gasteiger partial charge in [0.1, 0.15) is 5.82 Å². The number of hydrogen-bond acceptors (Lipinski definition) is 3. The van der Waals surface area contributed by atoms with Gasteiger partial charge in [0.25, 0.3) is 0 Å². The molecular weight excluding hydrogens is 299 g/mol. The van der Waals surface area contributed by atoms with Gasteiger partial charge in [0.15, 0.2) is 0 Å². The fraction of sp³-hybridized carbons (Fsp3) is 0.529. The Balaban J connectivity index is 1.84. The lowest BCUT2D eigenvalue weighted by Gasteiger charge is -2.31. The Morgan fingerprint density at radius 1 is 1.22 bits per heavy atom.